The normalized spacial score (nSPS) is 10.9. The first kappa shape index (κ1) is 23.2. The summed E-state index contributed by atoms with van der Waals surface area (Å²) in [6.07, 6.45) is 2.56. The number of rotatable bonds is 12. The fraction of sp³-hybridized carbons (Fsp3) is 0.450. The predicted octanol–water partition coefficient (Wildman–Crippen LogP) is 0.873. The van der Waals surface area contributed by atoms with Gasteiger partial charge in [0.1, 0.15) is 6.61 Å². The van der Waals surface area contributed by atoms with Crippen molar-refractivity contribution >= 4 is 17.7 Å². The average Bonchev–Trinajstić information content (AvgIpc) is 2.69. The lowest BCUT2D eigenvalue weighted by Gasteiger charge is -2.08. The largest absolute Gasteiger partial charge is 0.392 e. The predicted molar refractivity (Wildman–Crippen MR) is 108 cm³/mol. The van der Waals surface area contributed by atoms with Gasteiger partial charge in [0.15, 0.2) is 5.78 Å². The van der Waals surface area contributed by atoms with Crippen molar-refractivity contribution in [3.8, 4) is 0 Å². The summed E-state index contributed by atoms with van der Waals surface area (Å²) in [6.45, 7) is 3.09. The van der Waals surface area contributed by atoms with Gasteiger partial charge in [0.05, 0.1) is 0 Å². The molecule has 28 heavy (non-hydrogen) atoms. The van der Waals surface area contributed by atoms with Crippen molar-refractivity contribution in [3.63, 3.8) is 0 Å². The Labute approximate surface area is 166 Å². The molecule has 0 aliphatic heterocycles. The van der Waals surface area contributed by atoms with E-state index in [1.165, 1.54) is 0 Å². The molecule has 8 heteroatoms. The monoisotopic (exact) mass is 390 g/mol. The van der Waals surface area contributed by atoms with Crippen molar-refractivity contribution in [2.75, 3.05) is 33.9 Å². The Hall–Kier alpha value is -2.87. The van der Waals surface area contributed by atoms with Crippen LogP contribution in [0.25, 0.3) is 0 Å². The van der Waals surface area contributed by atoms with E-state index >= 15 is 0 Å². The van der Waals surface area contributed by atoms with E-state index in [1.807, 2.05) is 31.2 Å². The standard InChI is InChI=1S/C20H30N4O4/c1-15(21-2)11-18(25)12-16-5-7-17(8-6-16)13-24-19(26)14-28-10-4-9-23-20(27)22-3/h5-8,11,21H,4,9-10,12-14H2,1-3H3,(H,24,26)(H2,22,23,27)/b15-11-. The van der Waals surface area contributed by atoms with E-state index in [0.29, 0.717) is 32.5 Å². The zero-order valence-electron chi connectivity index (χ0n) is 16.8. The highest BCUT2D eigenvalue weighted by Gasteiger charge is 2.04. The van der Waals surface area contributed by atoms with Gasteiger partial charge in [-0.1, -0.05) is 24.3 Å². The third-order valence-corrected chi connectivity index (χ3v) is 3.87. The second-order valence-electron chi connectivity index (χ2n) is 6.23. The first-order chi connectivity index (χ1) is 13.4. The van der Waals surface area contributed by atoms with E-state index in [1.54, 1.807) is 20.2 Å². The second-order valence-corrected chi connectivity index (χ2v) is 6.23. The van der Waals surface area contributed by atoms with Crippen LogP contribution in [0.2, 0.25) is 0 Å². The number of allylic oxidation sites excluding steroid dienone is 2. The number of ketones is 1. The van der Waals surface area contributed by atoms with Gasteiger partial charge in [-0.25, -0.2) is 4.79 Å². The molecule has 1 aromatic carbocycles. The van der Waals surface area contributed by atoms with Crippen molar-refractivity contribution < 1.29 is 19.1 Å². The van der Waals surface area contributed by atoms with Crippen LogP contribution < -0.4 is 21.3 Å². The van der Waals surface area contributed by atoms with Crippen molar-refractivity contribution in [1.29, 1.82) is 0 Å². The van der Waals surface area contributed by atoms with Crippen LogP contribution in [0, 0.1) is 0 Å². The number of hydrogen-bond acceptors (Lipinski definition) is 5. The van der Waals surface area contributed by atoms with Crippen LogP contribution in [0.4, 0.5) is 4.79 Å². The summed E-state index contributed by atoms with van der Waals surface area (Å²) in [6, 6.07) is 7.32. The number of benzene rings is 1. The Morgan fingerprint density at radius 3 is 2.32 bits per heavy atom. The van der Waals surface area contributed by atoms with E-state index in [9.17, 15) is 14.4 Å². The summed E-state index contributed by atoms with van der Waals surface area (Å²) in [5.41, 5.74) is 2.70. The van der Waals surface area contributed by atoms with E-state index in [2.05, 4.69) is 21.3 Å². The SMILES string of the molecule is CNC(=O)NCCCOCC(=O)NCc1ccc(CC(=O)/C=C(/C)NC)cc1. The molecule has 3 amide bonds. The van der Waals surface area contributed by atoms with Crippen molar-refractivity contribution in [2.24, 2.45) is 0 Å². The third-order valence-electron chi connectivity index (χ3n) is 3.87. The molecule has 0 spiro atoms. The highest BCUT2D eigenvalue weighted by atomic mass is 16.5. The number of ether oxygens (including phenoxy) is 1. The van der Waals surface area contributed by atoms with Crippen LogP contribution in [0.15, 0.2) is 36.0 Å². The lowest BCUT2D eigenvalue weighted by atomic mass is 10.1. The fourth-order valence-electron chi connectivity index (χ4n) is 2.22. The molecule has 0 aromatic heterocycles. The van der Waals surface area contributed by atoms with Crippen LogP contribution in [0.3, 0.4) is 0 Å². The Bertz CT molecular complexity index is 671. The highest BCUT2D eigenvalue weighted by molar-refractivity contribution is 5.91. The van der Waals surface area contributed by atoms with Crippen LogP contribution in [0.1, 0.15) is 24.5 Å². The Morgan fingerprint density at radius 2 is 1.68 bits per heavy atom. The summed E-state index contributed by atoms with van der Waals surface area (Å²) in [5, 5.41) is 10.8. The second kappa shape index (κ2) is 13.3. The molecular weight excluding hydrogens is 360 g/mol. The van der Waals surface area contributed by atoms with Crippen LogP contribution in [-0.2, 0) is 27.3 Å². The lowest BCUT2D eigenvalue weighted by molar-refractivity contribution is -0.125. The van der Waals surface area contributed by atoms with Gasteiger partial charge < -0.3 is 26.0 Å². The van der Waals surface area contributed by atoms with Crippen molar-refractivity contribution in [1.82, 2.24) is 21.3 Å². The van der Waals surface area contributed by atoms with Crippen molar-refractivity contribution in [3.05, 3.63) is 47.2 Å². The molecule has 0 aliphatic carbocycles. The molecule has 0 heterocycles. The number of nitrogens with one attached hydrogen (secondary N) is 4. The lowest BCUT2D eigenvalue weighted by Crippen LogP contribution is -2.34. The van der Waals surface area contributed by atoms with Crippen LogP contribution in [0.5, 0.6) is 0 Å². The molecule has 1 rings (SSSR count). The summed E-state index contributed by atoms with van der Waals surface area (Å²) >= 11 is 0. The van der Waals surface area contributed by atoms with Gasteiger partial charge >= 0.3 is 6.03 Å². The molecule has 0 saturated heterocycles. The molecule has 0 saturated carbocycles. The summed E-state index contributed by atoms with van der Waals surface area (Å²) < 4.78 is 5.27. The number of hydrogen-bond donors (Lipinski definition) is 4. The van der Waals surface area contributed by atoms with Crippen LogP contribution in [-0.4, -0.2) is 51.6 Å². The maximum atomic E-state index is 11.9. The molecule has 0 atom stereocenters. The molecule has 0 bridgehead atoms. The number of carbonyl (C=O) groups excluding carboxylic acids is 3. The summed E-state index contributed by atoms with van der Waals surface area (Å²) in [7, 11) is 3.32. The van der Waals surface area contributed by atoms with Gasteiger partial charge in [-0.05, 0) is 24.5 Å². The van der Waals surface area contributed by atoms with Gasteiger partial charge in [0.25, 0.3) is 0 Å². The van der Waals surface area contributed by atoms with E-state index in [0.717, 1.165) is 16.8 Å². The van der Waals surface area contributed by atoms with Gasteiger partial charge in [0.2, 0.25) is 5.91 Å². The summed E-state index contributed by atoms with van der Waals surface area (Å²) in [5.74, 6) is -0.165. The fourth-order valence-corrected chi connectivity index (χ4v) is 2.22. The summed E-state index contributed by atoms with van der Waals surface area (Å²) in [4.78, 5) is 34.6. The quantitative estimate of drug-likeness (QED) is 0.313. The topological polar surface area (TPSA) is 109 Å². The molecule has 1 aromatic rings. The molecule has 8 nitrogen and oxygen atoms in total. The number of carbonyl (C=O) groups is 3. The maximum absolute atomic E-state index is 11.9. The van der Waals surface area contributed by atoms with Gasteiger partial charge in [-0.3, -0.25) is 9.59 Å². The maximum Gasteiger partial charge on any atom is 0.314 e. The molecule has 4 N–H and O–H groups in total. The van der Waals surface area contributed by atoms with E-state index < -0.39 is 0 Å². The number of urea groups is 1. The highest BCUT2D eigenvalue weighted by Crippen LogP contribution is 2.06. The van der Waals surface area contributed by atoms with Crippen LogP contribution >= 0.6 is 0 Å². The third kappa shape index (κ3) is 10.3. The Balaban J connectivity index is 2.23. The van der Waals surface area contributed by atoms with E-state index in [-0.39, 0.29) is 24.3 Å². The molecular formula is C20H30N4O4. The molecule has 0 fully saturated rings. The Kier molecular flexibility index (Phi) is 11.0. The Morgan fingerprint density at radius 1 is 1.00 bits per heavy atom. The van der Waals surface area contributed by atoms with Crippen molar-refractivity contribution in [2.45, 2.75) is 26.3 Å². The van der Waals surface area contributed by atoms with Gasteiger partial charge in [-0.15, -0.1) is 0 Å². The first-order valence-electron chi connectivity index (χ1n) is 9.21. The minimum atomic E-state index is -0.238. The number of amides is 3. The minimum absolute atomic E-state index is 0.0241. The van der Waals surface area contributed by atoms with Gasteiger partial charge in [0, 0.05) is 52.0 Å². The minimum Gasteiger partial charge on any atom is -0.392 e. The zero-order valence-corrected chi connectivity index (χ0v) is 16.8. The van der Waals surface area contributed by atoms with E-state index in [4.69, 9.17) is 4.74 Å². The average molecular weight is 390 g/mol. The molecule has 0 radical (unpaired) electrons. The molecule has 0 aliphatic rings. The first-order valence-corrected chi connectivity index (χ1v) is 9.21. The zero-order chi connectivity index (χ0) is 20.8. The van der Waals surface area contributed by atoms with Gasteiger partial charge in [-0.2, -0.15) is 0 Å². The molecule has 0 unspecified atom stereocenters. The smallest absolute Gasteiger partial charge is 0.314 e. The molecule has 154 valence electrons.